The quantitative estimate of drug-likeness (QED) is 0.406. The molecule has 0 fully saturated rings. The smallest absolute Gasteiger partial charge is 0.449 e. The second-order valence-corrected chi connectivity index (χ2v) is 4.80. The van der Waals surface area contributed by atoms with E-state index in [1.54, 1.807) is 0 Å². The highest BCUT2D eigenvalue weighted by molar-refractivity contribution is 7.53. The fourth-order valence-corrected chi connectivity index (χ4v) is 2.10. The van der Waals surface area contributed by atoms with Gasteiger partial charge in [-0.2, -0.15) is 22.0 Å². The number of alkyl halides is 3. The maximum absolute atomic E-state index is 12.6. The molecule has 0 aliphatic rings. The summed E-state index contributed by atoms with van der Waals surface area (Å²) in [5.74, 6) is -3.04. The summed E-state index contributed by atoms with van der Waals surface area (Å²) in [7, 11) is -3.90. The van der Waals surface area contributed by atoms with Gasteiger partial charge in [0, 0.05) is 0 Å². The van der Waals surface area contributed by atoms with Gasteiger partial charge in [0.05, 0.1) is 13.2 Å². The van der Waals surface area contributed by atoms with Crippen LogP contribution in [0, 0.1) is 0 Å². The number of hydrogen-bond acceptors (Lipinski definition) is 4. The molecule has 18 heavy (non-hydrogen) atoms. The second kappa shape index (κ2) is 7.06. The van der Waals surface area contributed by atoms with E-state index < -0.39 is 32.0 Å². The van der Waals surface area contributed by atoms with E-state index in [-0.39, 0.29) is 13.2 Å². The van der Waals surface area contributed by atoms with Gasteiger partial charge in [0.15, 0.2) is 6.35 Å². The van der Waals surface area contributed by atoms with Crippen LogP contribution in [0.1, 0.15) is 13.8 Å². The van der Waals surface area contributed by atoms with E-state index in [9.17, 15) is 26.5 Å². The van der Waals surface area contributed by atoms with Crippen molar-refractivity contribution in [3.05, 3.63) is 11.8 Å². The molecule has 0 bridgehead atoms. The van der Waals surface area contributed by atoms with E-state index in [1.807, 2.05) is 0 Å². The molecule has 0 aliphatic carbocycles. The van der Waals surface area contributed by atoms with Gasteiger partial charge in [-0.15, -0.1) is 0 Å². The Balaban J connectivity index is 4.68. The summed E-state index contributed by atoms with van der Waals surface area (Å²) < 4.78 is 84.8. The van der Waals surface area contributed by atoms with E-state index in [1.165, 1.54) is 13.8 Å². The molecule has 0 spiro atoms. The minimum absolute atomic E-state index is 0.0896. The zero-order valence-electron chi connectivity index (χ0n) is 9.59. The predicted octanol–water partition coefficient (Wildman–Crippen LogP) is 3.90. The van der Waals surface area contributed by atoms with Gasteiger partial charge in [0.2, 0.25) is 0 Å². The van der Waals surface area contributed by atoms with Crippen molar-refractivity contribution in [1.29, 1.82) is 0 Å². The lowest BCUT2D eigenvalue weighted by Gasteiger charge is -2.16. The normalized spacial score (nSPS) is 14.4. The first-order valence-electron chi connectivity index (χ1n) is 4.79. The monoisotopic (exact) mass is 298 g/mol. The van der Waals surface area contributed by atoms with Gasteiger partial charge >= 0.3 is 19.8 Å². The lowest BCUT2D eigenvalue weighted by Crippen LogP contribution is -2.11. The van der Waals surface area contributed by atoms with Crippen LogP contribution in [0.25, 0.3) is 0 Å². The van der Waals surface area contributed by atoms with E-state index in [4.69, 9.17) is 0 Å². The Morgan fingerprint density at radius 1 is 1.11 bits per heavy atom. The molecule has 0 saturated heterocycles. The maximum atomic E-state index is 12.6. The van der Waals surface area contributed by atoms with E-state index in [0.29, 0.717) is 0 Å². The largest absolute Gasteiger partial charge is 0.456 e. The van der Waals surface area contributed by atoms with Gasteiger partial charge in [-0.1, -0.05) is 0 Å². The SMILES string of the molecule is CCOP(=O)(CO/C(F)=C(/F)C(F)(F)F)OCC. The summed E-state index contributed by atoms with van der Waals surface area (Å²) in [4.78, 5) is 0. The molecule has 0 radical (unpaired) electrons. The van der Waals surface area contributed by atoms with Crippen molar-refractivity contribution in [2.75, 3.05) is 19.6 Å². The summed E-state index contributed by atoms with van der Waals surface area (Å²) in [6.45, 7) is 2.70. The van der Waals surface area contributed by atoms with Crippen molar-refractivity contribution in [3.8, 4) is 0 Å². The molecule has 4 nitrogen and oxygen atoms in total. The Hall–Kier alpha value is -0.660. The van der Waals surface area contributed by atoms with Gasteiger partial charge in [-0.05, 0) is 13.8 Å². The molecular weight excluding hydrogens is 286 g/mol. The van der Waals surface area contributed by atoms with Gasteiger partial charge in [-0.3, -0.25) is 4.57 Å². The standard InChI is InChI=1S/C8H12F5O4P/c1-3-16-18(14,17-4-2)5-15-7(10)6(9)8(11,12)13/h3-5H2,1-2H3/b7-6+. The van der Waals surface area contributed by atoms with Crippen LogP contribution in [0.4, 0.5) is 22.0 Å². The van der Waals surface area contributed by atoms with Crippen molar-refractivity contribution in [2.24, 2.45) is 0 Å². The van der Waals surface area contributed by atoms with Crippen LogP contribution in [0.15, 0.2) is 11.8 Å². The summed E-state index contributed by atoms with van der Waals surface area (Å²) in [5, 5.41) is 0. The maximum Gasteiger partial charge on any atom is 0.449 e. The fourth-order valence-electron chi connectivity index (χ4n) is 0.816. The van der Waals surface area contributed by atoms with Crippen LogP contribution < -0.4 is 0 Å². The first-order chi connectivity index (χ1) is 8.16. The lowest BCUT2D eigenvalue weighted by molar-refractivity contribution is -0.116. The van der Waals surface area contributed by atoms with Crippen LogP contribution in [-0.2, 0) is 18.3 Å². The van der Waals surface area contributed by atoms with Crippen LogP contribution >= 0.6 is 7.60 Å². The minimum atomic E-state index is -5.51. The Labute approximate surface area is 100 Å². The summed E-state index contributed by atoms with van der Waals surface area (Å²) >= 11 is 0. The second-order valence-electron chi connectivity index (χ2n) is 2.81. The highest BCUT2D eigenvalue weighted by atomic mass is 31.2. The highest BCUT2D eigenvalue weighted by Crippen LogP contribution is 2.48. The molecule has 0 aliphatic heterocycles. The van der Waals surface area contributed by atoms with Crippen LogP contribution in [0.3, 0.4) is 0 Å². The molecule has 0 aromatic rings. The van der Waals surface area contributed by atoms with Crippen molar-refractivity contribution in [1.82, 2.24) is 0 Å². The predicted molar refractivity (Wildman–Crippen MR) is 52.1 cm³/mol. The molecule has 0 rings (SSSR count). The summed E-state index contributed by atoms with van der Waals surface area (Å²) in [5.41, 5.74) is 0. The zero-order valence-corrected chi connectivity index (χ0v) is 10.5. The molecular formula is C8H12F5O4P. The van der Waals surface area contributed by atoms with Crippen LogP contribution in [0.5, 0.6) is 0 Å². The van der Waals surface area contributed by atoms with Gasteiger partial charge in [-0.25, -0.2) is 0 Å². The summed E-state index contributed by atoms with van der Waals surface area (Å²) in [6, 6.07) is -2.51. The minimum Gasteiger partial charge on any atom is -0.456 e. The Bertz CT molecular complexity index is 331. The molecule has 0 N–H and O–H groups in total. The van der Waals surface area contributed by atoms with Crippen molar-refractivity contribution >= 4 is 7.60 Å². The van der Waals surface area contributed by atoms with E-state index in [0.717, 1.165) is 0 Å². The topological polar surface area (TPSA) is 44.8 Å². The van der Waals surface area contributed by atoms with Crippen molar-refractivity contribution in [3.63, 3.8) is 0 Å². The van der Waals surface area contributed by atoms with Crippen LogP contribution in [-0.4, -0.2) is 25.7 Å². The Kier molecular flexibility index (Phi) is 6.80. The molecule has 0 saturated carbocycles. The van der Waals surface area contributed by atoms with E-state index in [2.05, 4.69) is 13.8 Å². The third kappa shape index (κ3) is 5.79. The fraction of sp³-hybridized carbons (Fsp3) is 0.750. The molecule has 0 unspecified atom stereocenters. The number of rotatable bonds is 7. The van der Waals surface area contributed by atoms with Gasteiger partial charge < -0.3 is 13.8 Å². The number of allylic oxidation sites excluding steroid dienone is 1. The molecule has 108 valence electrons. The van der Waals surface area contributed by atoms with Gasteiger partial charge in [0.25, 0.3) is 5.83 Å². The highest BCUT2D eigenvalue weighted by Gasteiger charge is 2.40. The van der Waals surface area contributed by atoms with Gasteiger partial charge in [0.1, 0.15) is 0 Å². The average molecular weight is 298 g/mol. The first kappa shape index (κ1) is 17.3. The number of hydrogen-bond donors (Lipinski definition) is 0. The third-order valence-electron chi connectivity index (χ3n) is 1.42. The van der Waals surface area contributed by atoms with Crippen LogP contribution in [0.2, 0.25) is 0 Å². The molecule has 0 amide bonds. The molecule has 0 heterocycles. The molecule has 0 aromatic heterocycles. The van der Waals surface area contributed by atoms with Crippen molar-refractivity contribution in [2.45, 2.75) is 20.0 Å². The molecule has 0 atom stereocenters. The Morgan fingerprint density at radius 2 is 1.56 bits per heavy atom. The molecule has 10 heteroatoms. The average Bonchev–Trinajstić information content (AvgIpc) is 2.24. The zero-order chi connectivity index (χ0) is 14.4. The third-order valence-corrected chi connectivity index (χ3v) is 3.17. The lowest BCUT2D eigenvalue weighted by atomic mass is 10.5. The number of halogens is 5. The first-order valence-corrected chi connectivity index (χ1v) is 6.52. The summed E-state index contributed by atoms with van der Waals surface area (Å²) in [6.07, 6.45) is -6.66. The molecule has 0 aromatic carbocycles. The van der Waals surface area contributed by atoms with Crippen molar-refractivity contribution < 1.29 is 40.3 Å². The Morgan fingerprint density at radius 3 is 1.89 bits per heavy atom. The van der Waals surface area contributed by atoms with E-state index >= 15 is 0 Å². The number of ether oxygens (including phenoxy) is 1.